The molecule has 7 atom stereocenters. The molecule has 4 aliphatic rings. The first-order valence-electron chi connectivity index (χ1n) is 7.16. The minimum Gasteiger partial charge on any atom is -0.204 e. The smallest absolute Gasteiger partial charge is 0.204 e. The van der Waals surface area contributed by atoms with Crippen LogP contribution in [0.25, 0.3) is 0 Å². The van der Waals surface area contributed by atoms with Crippen LogP contribution in [-0.2, 0) is 0 Å². The van der Waals surface area contributed by atoms with Gasteiger partial charge in [-0.15, -0.1) is 0 Å². The Balaban J connectivity index is 0.00000110. The van der Waals surface area contributed by atoms with E-state index < -0.39 is 18.3 Å². The van der Waals surface area contributed by atoms with Gasteiger partial charge >= 0.3 is 12.3 Å². The molecule has 0 amide bonds. The summed E-state index contributed by atoms with van der Waals surface area (Å²) >= 11 is 0. The van der Waals surface area contributed by atoms with E-state index >= 15 is 0 Å². The zero-order valence-corrected chi connectivity index (χ0v) is 13.2. The first-order chi connectivity index (χ1) is 8.50. The van der Waals surface area contributed by atoms with Crippen molar-refractivity contribution in [3.63, 3.8) is 0 Å². The third-order valence-corrected chi connectivity index (χ3v) is 6.52. The second kappa shape index (κ2) is 4.61. The molecule has 0 spiro atoms. The van der Waals surface area contributed by atoms with Crippen LogP contribution in [0.5, 0.6) is 0 Å². The molecule has 0 aliphatic heterocycles. The molecule has 4 saturated carbocycles. The van der Waals surface area contributed by atoms with Crippen LogP contribution >= 0.6 is 0 Å². The maximum atomic E-state index is 13.7. The van der Waals surface area contributed by atoms with Crippen molar-refractivity contribution in [1.29, 1.82) is 0 Å². The molecule has 7 unspecified atom stereocenters. The molecular weight excluding hydrogens is 267 g/mol. The Morgan fingerprint density at radius 2 is 1.47 bits per heavy atom. The van der Waals surface area contributed by atoms with Crippen molar-refractivity contribution in [3.05, 3.63) is 0 Å². The Hall–Kier alpha value is 0.720. The summed E-state index contributed by atoms with van der Waals surface area (Å²) in [6.07, 6.45) is 1.27. The SMILES string of the molecule is FC(F)C(F)(F)C1CC2CC1C1C3CCC(C3)C21.[Na]. The minimum atomic E-state index is -3.76. The van der Waals surface area contributed by atoms with Crippen LogP contribution in [0.4, 0.5) is 17.6 Å². The summed E-state index contributed by atoms with van der Waals surface area (Å²) < 4.78 is 52.5. The molecular formula is C14H18F4Na. The largest absolute Gasteiger partial charge is 0.310 e. The van der Waals surface area contributed by atoms with Gasteiger partial charge < -0.3 is 0 Å². The zero-order valence-electron chi connectivity index (χ0n) is 11.2. The fourth-order valence-corrected chi connectivity index (χ4v) is 6.17. The van der Waals surface area contributed by atoms with Crippen molar-refractivity contribution in [3.8, 4) is 0 Å². The Morgan fingerprint density at radius 3 is 2.11 bits per heavy atom. The monoisotopic (exact) mass is 285 g/mol. The number of fused-ring (bicyclic) bond motifs is 9. The van der Waals surface area contributed by atoms with E-state index in [4.69, 9.17) is 0 Å². The Kier molecular flexibility index (Phi) is 3.55. The Morgan fingerprint density at radius 1 is 0.842 bits per heavy atom. The van der Waals surface area contributed by atoms with Gasteiger partial charge in [0.1, 0.15) is 0 Å². The van der Waals surface area contributed by atoms with Gasteiger partial charge in [-0.2, -0.15) is 8.78 Å². The van der Waals surface area contributed by atoms with E-state index in [1.807, 2.05) is 0 Å². The molecule has 5 heteroatoms. The van der Waals surface area contributed by atoms with Crippen molar-refractivity contribution in [2.45, 2.75) is 44.5 Å². The zero-order chi connectivity index (χ0) is 12.7. The molecule has 4 rings (SSSR count). The van der Waals surface area contributed by atoms with Gasteiger partial charge in [-0.05, 0) is 67.6 Å². The van der Waals surface area contributed by atoms with E-state index in [1.54, 1.807) is 0 Å². The molecule has 0 aromatic carbocycles. The average molecular weight is 285 g/mol. The minimum absolute atomic E-state index is 0. The second-order valence-corrected chi connectivity index (χ2v) is 6.96. The molecule has 0 aromatic rings. The van der Waals surface area contributed by atoms with Crippen molar-refractivity contribution in [1.82, 2.24) is 0 Å². The standard InChI is InChI=1S/C14H18F4.Na/c15-13(16)14(17,18)10-5-8-4-9(10)12-7-2-1-6(3-7)11(8)12;/h6-13H,1-5H2;. The summed E-state index contributed by atoms with van der Waals surface area (Å²) in [7, 11) is 0. The summed E-state index contributed by atoms with van der Waals surface area (Å²) in [6.45, 7) is 0. The molecule has 19 heavy (non-hydrogen) atoms. The van der Waals surface area contributed by atoms with Crippen LogP contribution < -0.4 is 0 Å². The van der Waals surface area contributed by atoms with E-state index in [9.17, 15) is 17.6 Å². The van der Waals surface area contributed by atoms with Crippen molar-refractivity contribution in [2.75, 3.05) is 0 Å². The number of halogens is 4. The molecule has 4 aliphatic carbocycles. The molecule has 4 bridgehead atoms. The average Bonchev–Trinajstić information content (AvgIpc) is 3.06. The van der Waals surface area contributed by atoms with Crippen LogP contribution in [0.2, 0.25) is 0 Å². The van der Waals surface area contributed by atoms with E-state index in [0.29, 0.717) is 30.1 Å². The van der Waals surface area contributed by atoms with E-state index in [1.165, 1.54) is 12.8 Å². The molecule has 0 aromatic heterocycles. The molecule has 0 heterocycles. The van der Waals surface area contributed by atoms with Gasteiger partial charge in [0.25, 0.3) is 0 Å². The predicted octanol–water partition coefficient (Wildman–Crippen LogP) is 3.82. The predicted molar refractivity (Wildman–Crippen MR) is 64.2 cm³/mol. The second-order valence-electron chi connectivity index (χ2n) is 6.96. The van der Waals surface area contributed by atoms with E-state index in [0.717, 1.165) is 18.8 Å². The number of rotatable bonds is 2. The fraction of sp³-hybridized carbons (Fsp3) is 1.00. The first kappa shape index (κ1) is 14.6. The summed E-state index contributed by atoms with van der Waals surface area (Å²) in [5.74, 6) is -2.31. The fourth-order valence-electron chi connectivity index (χ4n) is 6.17. The topological polar surface area (TPSA) is 0 Å². The first-order valence-corrected chi connectivity index (χ1v) is 7.16. The summed E-state index contributed by atoms with van der Waals surface area (Å²) in [4.78, 5) is 0. The Bertz CT molecular complexity index is 372. The normalized spacial score (nSPS) is 50.7. The third-order valence-electron chi connectivity index (χ3n) is 6.52. The molecule has 0 saturated heterocycles. The van der Waals surface area contributed by atoms with Gasteiger partial charge in [-0.25, -0.2) is 8.78 Å². The summed E-state index contributed by atoms with van der Waals surface area (Å²) in [5.41, 5.74) is 0. The van der Waals surface area contributed by atoms with Crippen LogP contribution in [0.1, 0.15) is 32.1 Å². The third kappa shape index (κ3) is 1.81. The van der Waals surface area contributed by atoms with Gasteiger partial charge in [-0.3, -0.25) is 0 Å². The van der Waals surface area contributed by atoms with Gasteiger partial charge in [0.05, 0.1) is 0 Å². The molecule has 0 N–H and O–H groups in total. The number of alkyl halides is 4. The van der Waals surface area contributed by atoms with E-state index in [-0.39, 0.29) is 35.5 Å². The molecule has 1 radical (unpaired) electrons. The number of hydrogen-bond acceptors (Lipinski definition) is 0. The Labute approximate surface area is 133 Å². The van der Waals surface area contributed by atoms with Gasteiger partial charge in [0.2, 0.25) is 0 Å². The molecule has 4 fully saturated rings. The van der Waals surface area contributed by atoms with Crippen LogP contribution in [0, 0.1) is 41.4 Å². The summed E-state index contributed by atoms with van der Waals surface area (Å²) in [5, 5.41) is 0. The molecule has 0 nitrogen and oxygen atoms in total. The van der Waals surface area contributed by atoms with Crippen LogP contribution in [0.3, 0.4) is 0 Å². The number of hydrogen-bond donors (Lipinski definition) is 0. The van der Waals surface area contributed by atoms with Crippen LogP contribution in [0.15, 0.2) is 0 Å². The van der Waals surface area contributed by atoms with Crippen LogP contribution in [-0.4, -0.2) is 41.9 Å². The van der Waals surface area contributed by atoms with Gasteiger partial charge in [-0.1, -0.05) is 0 Å². The van der Waals surface area contributed by atoms with Crippen molar-refractivity contribution < 1.29 is 17.6 Å². The van der Waals surface area contributed by atoms with E-state index in [2.05, 4.69) is 0 Å². The van der Waals surface area contributed by atoms with Gasteiger partial charge in [0.15, 0.2) is 0 Å². The van der Waals surface area contributed by atoms with Crippen molar-refractivity contribution in [2.24, 2.45) is 41.4 Å². The summed E-state index contributed by atoms with van der Waals surface area (Å²) in [6, 6.07) is 0. The quantitative estimate of drug-likeness (QED) is 0.411. The van der Waals surface area contributed by atoms with Crippen molar-refractivity contribution >= 4 is 29.6 Å². The van der Waals surface area contributed by atoms with Gasteiger partial charge in [0, 0.05) is 35.5 Å². The molecule has 103 valence electrons. The maximum Gasteiger partial charge on any atom is 0.310 e. The maximum absolute atomic E-state index is 13.7.